The van der Waals surface area contributed by atoms with E-state index in [-0.39, 0.29) is 11.3 Å². The number of Topliss-reactive ketones (excluding diaryl/α,β-unsaturated/α-hetero) is 2. The van der Waals surface area contributed by atoms with Gasteiger partial charge in [0, 0.05) is 21.7 Å². The zero-order valence-electron chi connectivity index (χ0n) is 20.4. The molecule has 6 heteroatoms. The Hall–Kier alpha value is -2.20. The molecular formula is C24H36O6. The average molecular weight is 421 g/mol. The highest BCUT2D eigenvalue weighted by Crippen LogP contribution is 2.50. The average Bonchev–Trinajstić information content (AvgIpc) is 2.50. The molecule has 0 saturated heterocycles. The largest absolute Gasteiger partial charge is 0.450 e. The van der Waals surface area contributed by atoms with Gasteiger partial charge in [0.2, 0.25) is 0 Å². The van der Waals surface area contributed by atoms with Crippen molar-refractivity contribution in [1.29, 1.82) is 0 Å². The third kappa shape index (κ3) is 4.59. The van der Waals surface area contributed by atoms with Crippen molar-refractivity contribution in [3.05, 3.63) is 16.9 Å². The van der Waals surface area contributed by atoms with Crippen molar-refractivity contribution in [2.45, 2.75) is 88.9 Å². The zero-order valence-corrected chi connectivity index (χ0v) is 20.4. The van der Waals surface area contributed by atoms with Gasteiger partial charge in [0.25, 0.3) is 5.79 Å². The van der Waals surface area contributed by atoms with Crippen LogP contribution in [-0.2, 0) is 28.7 Å². The predicted octanol–water partition coefficient (Wildman–Crippen LogP) is 4.59. The van der Waals surface area contributed by atoms with Gasteiger partial charge in [-0.3, -0.25) is 9.59 Å². The van der Waals surface area contributed by atoms with Crippen LogP contribution < -0.4 is 0 Å². The molecule has 1 heterocycles. The molecule has 0 aromatic rings. The van der Waals surface area contributed by atoms with Gasteiger partial charge in [-0.05, 0) is 0 Å². The van der Waals surface area contributed by atoms with E-state index in [0.717, 1.165) is 0 Å². The molecule has 0 bridgehead atoms. The Labute approximate surface area is 180 Å². The van der Waals surface area contributed by atoms with Crippen LogP contribution >= 0.6 is 0 Å². The van der Waals surface area contributed by atoms with Crippen molar-refractivity contribution in [1.82, 2.24) is 0 Å². The summed E-state index contributed by atoms with van der Waals surface area (Å²) in [6, 6.07) is 0. The molecule has 0 radical (unpaired) electrons. The highest BCUT2D eigenvalue weighted by atomic mass is 16.7. The van der Waals surface area contributed by atoms with Gasteiger partial charge in [-0.15, -0.1) is 0 Å². The fraction of sp³-hybridized carbons (Fsp3) is 0.708. The second-order valence-electron chi connectivity index (χ2n) is 11.9. The first kappa shape index (κ1) is 25.8. The number of hydrogen-bond acceptors (Lipinski definition) is 6. The number of esters is 1. The van der Waals surface area contributed by atoms with Crippen molar-refractivity contribution >= 4 is 23.5 Å². The maximum atomic E-state index is 13.3. The summed E-state index contributed by atoms with van der Waals surface area (Å²) >= 11 is 0. The molecule has 0 saturated carbocycles. The Morgan fingerprint density at radius 2 is 1.27 bits per heavy atom. The van der Waals surface area contributed by atoms with Crippen molar-refractivity contribution in [3.8, 4) is 0 Å². The standard InChI is InChI=1S/C24H36O6/c1-20(2,3)16(26)14(13-25)24(23(10,11)12)29-18(22(7,8)9)15(19(28)30-24)17(27)21(4,5)6/h1-12H3. The van der Waals surface area contributed by atoms with Gasteiger partial charge in [-0.25, -0.2) is 9.59 Å². The van der Waals surface area contributed by atoms with Gasteiger partial charge in [0.1, 0.15) is 17.3 Å². The first-order valence-corrected chi connectivity index (χ1v) is 10.1. The Morgan fingerprint density at radius 1 is 0.800 bits per heavy atom. The lowest BCUT2D eigenvalue weighted by Gasteiger charge is -2.48. The molecular weight excluding hydrogens is 384 g/mol. The summed E-state index contributed by atoms with van der Waals surface area (Å²) in [6.45, 7) is 20.5. The molecule has 1 atom stereocenters. The van der Waals surface area contributed by atoms with Gasteiger partial charge >= 0.3 is 5.97 Å². The van der Waals surface area contributed by atoms with Crippen LogP contribution in [0.1, 0.15) is 83.1 Å². The number of allylic oxidation sites excluding steroid dienone is 1. The number of carbonyl (C=O) groups is 3. The lowest BCUT2D eigenvalue weighted by molar-refractivity contribution is -0.250. The van der Waals surface area contributed by atoms with E-state index in [9.17, 15) is 19.2 Å². The van der Waals surface area contributed by atoms with Gasteiger partial charge in [0.05, 0.1) is 0 Å². The van der Waals surface area contributed by atoms with Crippen LogP contribution in [0.5, 0.6) is 0 Å². The Bertz CT molecular complexity index is 840. The second-order valence-corrected chi connectivity index (χ2v) is 11.9. The molecule has 1 rings (SSSR count). The van der Waals surface area contributed by atoms with Gasteiger partial charge in [0.15, 0.2) is 17.1 Å². The molecule has 1 unspecified atom stereocenters. The van der Waals surface area contributed by atoms with Crippen LogP contribution in [0.4, 0.5) is 0 Å². The van der Waals surface area contributed by atoms with Crippen LogP contribution in [0, 0.1) is 21.7 Å². The Balaban J connectivity index is 3.97. The normalized spacial score (nSPS) is 20.9. The van der Waals surface area contributed by atoms with E-state index in [1.165, 1.54) is 0 Å². The fourth-order valence-electron chi connectivity index (χ4n) is 3.01. The van der Waals surface area contributed by atoms with E-state index in [1.54, 1.807) is 89.0 Å². The molecule has 0 fully saturated rings. The Kier molecular flexibility index (Phi) is 6.45. The summed E-state index contributed by atoms with van der Waals surface area (Å²) < 4.78 is 12.0. The highest BCUT2D eigenvalue weighted by Gasteiger charge is 2.61. The Morgan fingerprint density at radius 3 is 1.57 bits per heavy atom. The molecule has 0 aromatic heterocycles. The summed E-state index contributed by atoms with van der Waals surface area (Å²) in [5, 5.41) is 0. The van der Waals surface area contributed by atoms with Crippen LogP contribution in [0.3, 0.4) is 0 Å². The molecule has 0 aliphatic carbocycles. The van der Waals surface area contributed by atoms with Crippen molar-refractivity contribution in [2.24, 2.45) is 21.7 Å². The molecule has 6 nitrogen and oxygen atoms in total. The summed E-state index contributed by atoms with van der Waals surface area (Å²) in [7, 11) is 0. The molecule has 1 aliphatic rings. The molecule has 0 N–H and O–H groups in total. The van der Waals surface area contributed by atoms with E-state index in [1.807, 2.05) is 0 Å². The zero-order chi connectivity index (χ0) is 24.1. The number of cyclic esters (lactones) is 1. The highest BCUT2D eigenvalue weighted by molar-refractivity contribution is 6.20. The minimum absolute atomic E-state index is 0.100. The SMILES string of the molecule is CC(C)(C)C(=O)C(=C=O)C1(C(C)(C)C)OC(=O)C(C(=O)C(C)(C)C)=C(C(C)(C)C)O1. The summed E-state index contributed by atoms with van der Waals surface area (Å²) in [5.41, 5.74) is -4.18. The lowest BCUT2D eigenvalue weighted by atomic mass is 9.73. The molecule has 0 amide bonds. The molecule has 168 valence electrons. The number of carbonyl (C=O) groups excluding carboxylic acids is 4. The van der Waals surface area contributed by atoms with Gasteiger partial charge in [-0.2, -0.15) is 0 Å². The van der Waals surface area contributed by atoms with Crippen LogP contribution in [0.25, 0.3) is 0 Å². The summed E-state index contributed by atoms with van der Waals surface area (Å²) in [4.78, 5) is 51.5. The first-order chi connectivity index (χ1) is 13.1. The number of ether oxygens (including phenoxy) is 2. The van der Waals surface area contributed by atoms with E-state index in [4.69, 9.17) is 9.47 Å². The smallest absolute Gasteiger partial charge is 0.348 e. The van der Waals surface area contributed by atoms with Gasteiger partial charge < -0.3 is 9.47 Å². The number of hydrogen-bond donors (Lipinski definition) is 0. The van der Waals surface area contributed by atoms with Crippen molar-refractivity contribution in [2.75, 3.05) is 0 Å². The lowest BCUT2D eigenvalue weighted by Crippen LogP contribution is -2.57. The maximum Gasteiger partial charge on any atom is 0.348 e. The van der Waals surface area contributed by atoms with E-state index >= 15 is 0 Å². The van der Waals surface area contributed by atoms with Gasteiger partial charge in [-0.1, -0.05) is 83.1 Å². The predicted molar refractivity (Wildman–Crippen MR) is 114 cm³/mol. The first-order valence-electron chi connectivity index (χ1n) is 10.1. The molecule has 1 aliphatic heterocycles. The minimum atomic E-state index is -2.01. The third-order valence-electron chi connectivity index (χ3n) is 4.83. The van der Waals surface area contributed by atoms with Crippen LogP contribution in [0.2, 0.25) is 0 Å². The minimum Gasteiger partial charge on any atom is -0.450 e. The topological polar surface area (TPSA) is 86.7 Å². The van der Waals surface area contributed by atoms with E-state index in [2.05, 4.69) is 0 Å². The second kappa shape index (κ2) is 7.49. The monoisotopic (exact) mass is 420 g/mol. The molecule has 0 spiro atoms. The van der Waals surface area contributed by atoms with Crippen LogP contribution in [-0.4, -0.2) is 29.3 Å². The van der Waals surface area contributed by atoms with Crippen molar-refractivity contribution in [3.63, 3.8) is 0 Å². The maximum absolute atomic E-state index is 13.3. The summed E-state index contributed by atoms with van der Waals surface area (Å²) in [6.07, 6.45) is 0. The van der Waals surface area contributed by atoms with E-state index in [0.29, 0.717) is 0 Å². The molecule has 30 heavy (non-hydrogen) atoms. The van der Waals surface area contributed by atoms with Crippen LogP contribution in [0.15, 0.2) is 16.9 Å². The van der Waals surface area contributed by atoms with Crippen molar-refractivity contribution < 1.29 is 28.7 Å². The summed E-state index contributed by atoms with van der Waals surface area (Å²) in [5.74, 6) is -2.09. The third-order valence-corrected chi connectivity index (χ3v) is 4.83. The molecule has 0 aromatic carbocycles. The quantitative estimate of drug-likeness (QED) is 0.287. The number of rotatable bonds is 3. The fourth-order valence-corrected chi connectivity index (χ4v) is 3.01. The number of ketones is 2. The van der Waals surface area contributed by atoms with E-state index < -0.39 is 50.6 Å².